The number of nitrogens with zero attached hydrogens (tertiary/aromatic N) is 1. The van der Waals surface area contributed by atoms with Gasteiger partial charge in [0.1, 0.15) is 12.4 Å². The van der Waals surface area contributed by atoms with Crippen LogP contribution in [-0.4, -0.2) is 38.2 Å². The van der Waals surface area contributed by atoms with Gasteiger partial charge in [0.2, 0.25) is 0 Å². The highest BCUT2D eigenvalue weighted by Crippen LogP contribution is 2.22. The van der Waals surface area contributed by atoms with Crippen LogP contribution in [0.5, 0.6) is 5.75 Å². The van der Waals surface area contributed by atoms with E-state index in [1.165, 1.54) is 31.2 Å². The first-order valence-corrected chi connectivity index (χ1v) is 7.36. The van der Waals surface area contributed by atoms with Gasteiger partial charge in [0.25, 0.3) is 0 Å². The molecule has 19 heavy (non-hydrogen) atoms. The monoisotopic (exact) mass is 262 g/mol. The Labute approximate surface area is 116 Å². The van der Waals surface area contributed by atoms with Crippen LogP contribution in [0.2, 0.25) is 0 Å². The van der Waals surface area contributed by atoms with Gasteiger partial charge in [0.15, 0.2) is 0 Å². The van der Waals surface area contributed by atoms with E-state index < -0.39 is 0 Å². The molecule has 0 atom stereocenters. The lowest BCUT2D eigenvalue weighted by Gasteiger charge is -2.23. The second-order valence-corrected chi connectivity index (χ2v) is 5.45. The quantitative estimate of drug-likeness (QED) is 0.817. The number of likely N-dealkylation sites (N-methyl/N-ethyl adjacent to an activating group) is 1. The fraction of sp³-hybridized carbons (Fsp3) is 0.625. The van der Waals surface area contributed by atoms with Crippen LogP contribution in [-0.2, 0) is 6.54 Å². The molecule has 0 unspecified atom stereocenters. The number of hydrogen-bond acceptors (Lipinski definition) is 3. The molecule has 0 bridgehead atoms. The van der Waals surface area contributed by atoms with Crippen LogP contribution in [0.15, 0.2) is 24.3 Å². The average molecular weight is 262 g/mol. The van der Waals surface area contributed by atoms with Gasteiger partial charge in [-0.3, -0.25) is 0 Å². The van der Waals surface area contributed by atoms with Crippen molar-refractivity contribution in [1.82, 2.24) is 10.2 Å². The van der Waals surface area contributed by atoms with Gasteiger partial charge in [-0.1, -0.05) is 25.0 Å². The van der Waals surface area contributed by atoms with E-state index in [1.807, 2.05) is 13.1 Å². The molecule has 1 N–H and O–H groups in total. The second-order valence-electron chi connectivity index (χ2n) is 5.45. The fourth-order valence-electron chi connectivity index (χ4n) is 2.78. The van der Waals surface area contributed by atoms with E-state index in [2.05, 4.69) is 35.5 Å². The first kappa shape index (κ1) is 14.4. The Hall–Kier alpha value is -1.06. The third-order valence-electron chi connectivity index (χ3n) is 3.94. The zero-order valence-electron chi connectivity index (χ0n) is 12.2. The van der Waals surface area contributed by atoms with E-state index in [1.54, 1.807) is 0 Å². The Morgan fingerprint density at radius 2 is 2.11 bits per heavy atom. The third-order valence-corrected chi connectivity index (χ3v) is 3.94. The van der Waals surface area contributed by atoms with Gasteiger partial charge < -0.3 is 15.0 Å². The van der Waals surface area contributed by atoms with Crippen molar-refractivity contribution in [3.63, 3.8) is 0 Å². The summed E-state index contributed by atoms with van der Waals surface area (Å²) in [5.74, 6) is 0.979. The molecule has 1 fully saturated rings. The Morgan fingerprint density at radius 3 is 2.84 bits per heavy atom. The molecule has 1 aliphatic carbocycles. The van der Waals surface area contributed by atoms with Gasteiger partial charge in [-0.15, -0.1) is 0 Å². The number of rotatable bonds is 7. The molecular weight excluding hydrogens is 236 g/mol. The summed E-state index contributed by atoms with van der Waals surface area (Å²) >= 11 is 0. The van der Waals surface area contributed by atoms with Crippen molar-refractivity contribution in [3.05, 3.63) is 29.8 Å². The summed E-state index contributed by atoms with van der Waals surface area (Å²) in [6.45, 7) is 2.68. The minimum atomic E-state index is 0.774. The molecule has 3 nitrogen and oxygen atoms in total. The van der Waals surface area contributed by atoms with Crippen LogP contribution in [0.3, 0.4) is 0 Å². The van der Waals surface area contributed by atoms with Gasteiger partial charge in [-0.05, 0) is 44.6 Å². The Kier molecular flexibility index (Phi) is 5.67. The van der Waals surface area contributed by atoms with E-state index in [0.717, 1.165) is 31.5 Å². The molecule has 3 heteroatoms. The van der Waals surface area contributed by atoms with Crippen molar-refractivity contribution in [2.45, 2.75) is 38.3 Å². The maximum Gasteiger partial charge on any atom is 0.119 e. The minimum Gasteiger partial charge on any atom is -0.492 e. The molecule has 106 valence electrons. The highest BCUT2D eigenvalue weighted by atomic mass is 16.5. The van der Waals surface area contributed by atoms with Crippen LogP contribution in [0.1, 0.15) is 31.2 Å². The minimum absolute atomic E-state index is 0.774. The Bertz CT molecular complexity index is 375. The number of nitrogens with one attached hydrogen (secondary N) is 1. The van der Waals surface area contributed by atoms with E-state index in [0.29, 0.717) is 0 Å². The van der Waals surface area contributed by atoms with Gasteiger partial charge >= 0.3 is 0 Å². The summed E-state index contributed by atoms with van der Waals surface area (Å²) in [6.07, 6.45) is 5.49. The lowest BCUT2D eigenvalue weighted by atomic mass is 10.2. The van der Waals surface area contributed by atoms with E-state index in [4.69, 9.17) is 4.74 Å². The summed E-state index contributed by atoms with van der Waals surface area (Å²) < 4.78 is 5.85. The molecule has 1 aliphatic rings. The van der Waals surface area contributed by atoms with Crippen LogP contribution < -0.4 is 10.1 Å². The number of hydrogen-bond donors (Lipinski definition) is 1. The maximum atomic E-state index is 5.85. The number of benzene rings is 1. The molecule has 0 aliphatic heterocycles. The second kappa shape index (κ2) is 7.51. The Balaban J connectivity index is 1.73. The first-order chi connectivity index (χ1) is 9.29. The van der Waals surface area contributed by atoms with Gasteiger partial charge in [-0.25, -0.2) is 0 Å². The molecular formula is C16H26N2O. The SMILES string of the molecule is CNCc1cccc(OCCN(C)C2CCCC2)c1. The van der Waals surface area contributed by atoms with Crippen molar-refractivity contribution in [1.29, 1.82) is 0 Å². The normalized spacial score (nSPS) is 16.2. The van der Waals surface area contributed by atoms with Crippen LogP contribution in [0.25, 0.3) is 0 Å². The predicted octanol–water partition coefficient (Wildman–Crippen LogP) is 2.66. The molecule has 2 rings (SSSR count). The maximum absolute atomic E-state index is 5.85. The lowest BCUT2D eigenvalue weighted by Crippen LogP contribution is -2.32. The average Bonchev–Trinajstić information content (AvgIpc) is 2.93. The van der Waals surface area contributed by atoms with Gasteiger partial charge in [0.05, 0.1) is 0 Å². The molecule has 1 aromatic rings. The standard InChI is InChI=1S/C16H26N2O/c1-17-13-14-6-5-9-16(12-14)19-11-10-18(2)15-7-3-4-8-15/h5-6,9,12,15,17H,3-4,7-8,10-11,13H2,1-2H3. The van der Waals surface area contributed by atoms with Crippen molar-refractivity contribution in [3.8, 4) is 5.75 Å². The van der Waals surface area contributed by atoms with Gasteiger partial charge in [0, 0.05) is 19.1 Å². The predicted molar refractivity (Wildman–Crippen MR) is 79.6 cm³/mol. The number of ether oxygens (including phenoxy) is 1. The molecule has 0 heterocycles. The van der Waals surface area contributed by atoms with Crippen LogP contribution >= 0.6 is 0 Å². The largest absolute Gasteiger partial charge is 0.492 e. The molecule has 0 saturated heterocycles. The smallest absolute Gasteiger partial charge is 0.119 e. The van der Waals surface area contributed by atoms with Crippen LogP contribution in [0.4, 0.5) is 0 Å². The zero-order valence-corrected chi connectivity index (χ0v) is 12.2. The van der Waals surface area contributed by atoms with Crippen molar-refractivity contribution in [2.75, 3.05) is 27.2 Å². The van der Waals surface area contributed by atoms with Crippen LogP contribution in [0, 0.1) is 0 Å². The Morgan fingerprint density at radius 1 is 1.32 bits per heavy atom. The molecule has 1 saturated carbocycles. The van der Waals surface area contributed by atoms with Crippen molar-refractivity contribution >= 4 is 0 Å². The molecule has 1 aromatic carbocycles. The van der Waals surface area contributed by atoms with E-state index >= 15 is 0 Å². The molecule has 0 radical (unpaired) electrons. The highest BCUT2D eigenvalue weighted by molar-refractivity contribution is 5.28. The zero-order chi connectivity index (χ0) is 13.5. The van der Waals surface area contributed by atoms with Crippen molar-refractivity contribution in [2.24, 2.45) is 0 Å². The first-order valence-electron chi connectivity index (χ1n) is 7.36. The fourth-order valence-corrected chi connectivity index (χ4v) is 2.78. The highest BCUT2D eigenvalue weighted by Gasteiger charge is 2.18. The topological polar surface area (TPSA) is 24.5 Å². The molecule has 0 spiro atoms. The van der Waals surface area contributed by atoms with E-state index in [-0.39, 0.29) is 0 Å². The summed E-state index contributed by atoms with van der Waals surface area (Å²) in [5, 5.41) is 3.16. The molecule has 0 aromatic heterocycles. The van der Waals surface area contributed by atoms with E-state index in [9.17, 15) is 0 Å². The molecule has 0 amide bonds. The lowest BCUT2D eigenvalue weighted by molar-refractivity contribution is 0.193. The summed E-state index contributed by atoms with van der Waals surface area (Å²) in [4.78, 5) is 2.45. The third kappa shape index (κ3) is 4.51. The summed E-state index contributed by atoms with van der Waals surface area (Å²) in [5.41, 5.74) is 1.27. The van der Waals surface area contributed by atoms with Crippen molar-refractivity contribution < 1.29 is 4.74 Å². The summed E-state index contributed by atoms with van der Waals surface area (Å²) in [7, 11) is 4.18. The summed E-state index contributed by atoms with van der Waals surface area (Å²) in [6, 6.07) is 9.11. The van der Waals surface area contributed by atoms with Gasteiger partial charge in [-0.2, -0.15) is 0 Å².